The first kappa shape index (κ1) is 18.1. The van der Waals surface area contributed by atoms with Crippen molar-refractivity contribution in [2.75, 3.05) is 11.1 Å². The Kier molecular flexibility index (Phi) is 5.37. The highest BCUT2D eigenvalue weighted by Crippen LogP contribution is 2.19. The fourth-order valence-corrected chi connectivity index (χ4v) is 3.43. The summed E-state index contributed by atoms with van der Waals surface area (Å²) < 4.78 is 1.77. The molecular formula is C19H21N5OS. The second kappa shape index (κ2) is 7.70. The number of amides is 1. The van der Waals surface area contributed by atoms with Gasteiger partial charge in [-0.15, -0.1) is 0 Å². The van der Waals surface area contributed by atoms with Gasteiger partial charge in [-0.3, -0.25) is 4.79 Å². The molecule has 0 bridgehead atoms. The van der Waals surface area contributed by atoms with Crippen molar-refractivity contribution in [3.63, 3.8) is 0 Å². The maximum atomic E-state index is 12.2. The van der Waals surface area contributed by atoms with Gasteiger partial charge in [-0.2, -0.15) is 5.10 Å². The van der Waals surface area contributed by atoms with E-state index in [2.05, 4.69) is 26.4 Å². The highest BCUT2D eigenvalue weighted by Gasteiger charge is 2.09. The highest BCUT2D eigenvalue weighted by atomic mass is 32.2. The van der Waals surface area contributed by atoms with Crippen molar-refractivity contribution < 1.29 is 4.79 Å². The highest BCUT2D eigenvalue weighted by molar-refractivity contribution is 7.99. The van der Waals surface area contributed by atoms with E-state index in [1.54, 1.807) is 4.68 Å². The Bertz CT molecular complexity index is 931. The number of anilines is 1. The van der Waals surface area contributed by atoms with Gasteiger partial charge in [-0.05, 0) is 57.0 Å². The number of nitrogens with zero attached hydrogens (tertiary/aromatic N) is 4. The van der Waals surface area contributed by atoms with Crippen molar-refractivity contribution in [3.05, 3.63) is 59.2 Å². The van der Waals surface area contributed by atoms with Crippen LogP contribution in [0.4, 0.5) is 5.69 Å². The van der Waals surface area contributed by atoms with Crippen LogP contribution in [0.25, 0.3) is 5.82 Å². The van der Waals surface area contributed by atoms with Crippen LogP contribution in [0, 0.1) is 27.7 Å². The van der Waals surface area contributed by atoms with E-state index < -0.39 is 0 Å². The van der Waals surface area contributed by atoms with Crippen LogP contribution in [-0.4, -0.2) is 31.4 Å². The lowest BCUT2D eigenvalue weighted by Gasteiger charge is -2.08. The number of aromatic nitrogens is 4. The van der Waals surface area contributed by atoms with Crippen LogP contribution in [-0.2, 0) is 4.79 Å². The van der Waals surface area contributed by atoms with Crippen molar-refractivity contribution in [2.24, 2.45) is 0 Å². The zero-order valence-electron chi connectivity index (χ0n) is 15.3. The second-order valence-electron chi connectivity index (χ2n) is 6.27. The Labute approximate surface area is 157 Å². The number of hydrogen-bond acceptors (Lipinski definition) is 5. The van der Waals surface area contributed by atoms with Crippen LogP contribution in [0.3, 0.4) is 0 Å². The van der Waals surface area contributed by atoms with E-state index >= 15 is 0 Å². The molecule has 1 aromatic carbocycles. The summed E-state index contributed by atoms with van der Waals surface area (Å²) in [4.78, 5) is 20.7. The van der Waals surface area contributed by atoms with Crippen LogP contribution < -0.4 is 5.32 Å². The summed E-state index contributed by atoms with van der Waals surface area (Å²) >= 11 is 1.37. The van der Waals surface area contributed by atoms with Crippen molar-refractivity contribution in [1.82, 2.24) is 19.7 Å². The molecule has 6 nitrogen and oxygen atoms in total. The maximum Gasteiger partial charge on any atom is 0.234 e. The van der Waals surface area contributed by atoms with E-state index in [4.69, 9.17) is 0 Å². The van der Waals surface area contributed by atoms with Gasteiger partial charge in [0.1, 0.15) is 11.4 Å². The zero-order valence-corrected chi connectivity index (χ0v) is 16.1. The summed E-state index contributed by atoms with van der Waals surface area (Å²) in [6, 6.07) is 9.83. The molecule has 1 N–H and O–H groups in total. The quantitative estimate of drug-likeness (QED) is 0.551. The van der Waals surface area contributed by atoms with Crippen LogP contribution in [0.15, 0.2) is 41.7 Å². The number of carbonyl (C=O) groups is 1. The van der Waals surface area contributed by atoms with Gasteiger partial charge in [0.05, 0.1) is 11.4 Å². The summed E-state index contributed by atoms with van der Waals surface area (Å²) in [5.74, 6) is 0.912. The van der Waals surface area contributed by atoms with Gasteiger partial charge < -0.3 is 5.32 Å². The molecule has 0 saturated heterocycles. The van der Waals surface area contributed by atoms with Crippen molar-refractivity contribution in [2.45, 2.75) is 32.7 Å². The summed E-state index contributed by atoms with van der Waals surface area (Å²) in [5.41, 5.74) is 5.00. The molecule has 134 valence electrons. The average molecular weight is 367 g/mol. The van der Waals surface area contributed by atoms with E-state index in [1.807, 2.05) is 52.0 Å². The fraction of sp³-hybridized carbons (Fsp3) is 0.263. The smallest absolute Gasteiger partial charge is 0.234 e. The van der Waals surface area contributed by atoms with Crippen molar-refractivity contribution >= 4 is 23.4 Å². The Morgan fingerprint density at radius 1 is 1.04 bits per heavy atom. The topological polar surface area (TPSA) is 72.7 Å². The largest absolute Gasteiger partial charge is 0.325 e. The zero-order chi connectivity index (χ0) is 18.7. The minimum Gasteiger partial charge on any atom is -0.325 e. The Balaban J connectivity index is 1.65. The molecule has 0 saturated carbocycles. The van der Waals surface area contributed by atoms with Crippen LogP contribution in [0.1, 0.15) is 22.5 Å². The Morgan fingerprint density at radius 2 is 1.77 bits per heavy atom. The molecule has 26 heavy (non-hydrogen) atoms. The van der Waals surface area contributed by atoms with Gasteiger partial charge in [-0.1, -0.05) is 17.8 Å². The van der Waals surface area contributed by atoms with E-state index in [-0.39, 0.29) is 11.7 Å². The molecule has 1 amide bonds. The number of benzene rings is 1. The third kappa shape index (κ3) is 4.49. The standard InChI is InChI=1S/C19H21N5OS/c1-12-5-13(2)7-16(6-12)22-18(25)10-26-19-9-17(20-11-21-19)24-15(4)8-14(3)23-24/h5-9,11H,10H2,1-4H3,(H,22,25). The summed E-state index contributed by atoms with van der Waals surface area (Å²) in [6.45, 7) is 7.95. The third-order valence-corrected chi connectivity index (χ3v) is 4.64. The third-order valence-electron chi connectivity index (χ3n) is 3.71. The normalized spacial score (nSPS) is 10.8. The molecule has 7 heteroatoms. The molecule has 0 radical (unpaired) electrons. The number of thioether (sulfide) groups is 1. The maximum absolute atomic E-state index is 12.2. The SMILES string of the molecule is Cc1cc(C)cc(NC(=O)CSc2cc(-n3nc(C)cc3C)ncn2)c1. The number of aryl methyl sites for hydroxylation is 4. The first-order chi connectivity index (χ1) is 12.4. The minimum atomic E-state index is -0.0636. The van der Waals surface area contributed by atoms with Crippen molar-refractivity contribution in [1.29, 1.82) is 0 Å². The molecule has 2 aromatic heterocycles. The van der Waals surface area contributed by atoms with E-state index in [1.165, 1.54) is 18.1 Å². The summed E-state index contributed by atoms with van der Waals surface area (Å²) in [6.07, 6.45) is 1.50. The van der Waals surface area contributed by atoms with E-state index in [0.29, 0.717) is 5.82 Å². The van der Waals surface area contributed by atoms with Crippen LogP contribution in [0.5, 0.6) is 0 Å². The molecule has 0 aliphatic rings. The van der Waals surface area contributed by atoms with Crippen LogP contribution >= 0.6 is 11.8 Å². The predicted octanol–water partition coefficient (Wildman–Crippen LogP) is 3.63. The molecule has 0 aliphatic heterocycles. The molecule has 0 fully saturated rings. The van der Waals surface area contributed by atoms with Gasteiger partial charge in [0.15, 0.2) is 5.82 Å². The first-order valence-corrected chi connectivity index (χ1v) is 9.26. The van der Waals surface area contributed by atoms with Gasteiger partial charge >= 0.3 is 0 Å². The van der Waals surface area contributed by atoms with E-state index in [0.717, 1.165) is 33.2 Å². The van der Waals surface area contributed by atoms with E-state index in [9.17, 15) is 4.79 Å². The fourth-order valence-electron chi connectivity index (χ4n) is 2.77. The molecular weight excluding hydrogens is 346 g/mol. The molecule has 0 spiro atoms. The summed E-state index contributed by atoms with van der Waals surface area (Å²) in [5, 5.41) is 8.09. The second-order valence-corrected chi connectivity index (χ2v) is 7.26. The minimum absolute atomic E-state index is 0.0636. The Morgan fingerprint density at radius 3 is 2.42 bits per heavy atom. The van der Waals surface area contributed by atoms with Crippen LogP contribution in [0.2, 0.25) is 0 Å². The molecule has 0 unspecified atom stereocenters. The number of carbonyl (C=O) groups excluding carboxylic acids is 1. The molecule has 2 heterocycles. The summed E-state index contributed by atoms with van der Waals surface area (Å²) in [7, 11) is 0. The van der Waals surface area contributed by atoms with Gasteiger partial charge in [0.25, 0.3) is 0 Å². The monoisotopic (exact) mass is 367 g/mol. The number of nitrogens with one attached hydrogen (secondary N) is 1. The molecule has 0 aliphatic carbocycles. The number of hydrogen-bond donors (Lipinski definition) is 1. The average Bonchev–Trinajstić information content (AvgIpc) is 2.91. The van der Waals surface area contributed by atoms with Gasteiger partial charge in [-0.25, -0.2) is 14.6 Å². The van der Waals surface area contributed by atoms with Crippen molar-refractivity contribution in [3.8, 4) is 5.82 Å². The Hall–Kier alpha value is -2.67. The van der Waals surface area contributed by atoms with Gasteiger partial charge in [0.2, 0.25) is 5.91 Å². The number of rotatable bonds is 5. The molecule has 3 aromatic rings. The molecule has 3 rings (SSSR count). The van der Waals surface area contributed by atoms with Gasteiger partial charge in [0, 0.05) is 17.4 Å². The lowest BCUT2D eigenvalue weighted by Crippen LogP contribution is -2.14. The molecule has 0 atom stereocenters. The lowest BCUT2D eigenvalue weighted by atomic mass is 10.1. The lowest BCUT2D eigenvalue weighted by molar-refractivity contribution is -0.113. The first-order valence-electron chi connectivity index (χ1n) is 8.27. The predicted molar refractivity (Wildman–Crippen MR) is 104 cm³/mol.